The van der Waals surface area contributed by atoms with E-state index < -0.39 is 0 Å². The Balaban J connectivity index is 1.81. The van der Waals surface area contributed by atoms with Gasteiger partial charge in [0.2, 0.25) is 0 Å². The summed E-state index contributed by atoms with van der Waals surface area (Å²) in [5, 5.41) is 8.61. The van der Waals surface area contributed by atoms with Gasteiger partial charge in [-0.25, -0.2) is 9.48 Å². The Morgan fingerprint density at radius 2 is 1.82 bits per heavy atom. The van der Waals surface area contributed by atoms with E-state index in [0.29, 0.717) is 11.1 Å². The molecule has 0 aliphatic carbocycles. The highest BCUT2D eigenvalue weighted by molar-refractivity contribution is 5.81. The Kier molecular flexibility index (Phi) is 2.83. The molecule has 5 nitrogen and oxygen atoms in total. The minimum atomic E-state index is -0.341. The van der Waals surface area contributed by atoms with Crippen LogP contribution in [-0.4, -0.2) is 15.0 Å². The molecule has 0 N–H and O–H groups in total. The molecule has 2 aromatic heterocycles. The largest absolute Gasteiger partial charge is 0.422 e. The summed E-state index contributed by atoms with van der Waals surface area (Å²) < 4.78 is 7.03. The lowest BCUT2D eigenvalue weighted by Crippen LogP contribution is -2.03. The van der Waals surface area contributed by atoms with Crippen molar-refractivity contribution >= 4 is 11.0 Å². The first-order valence-electron chi connectivity index (χ1n) is 6.81. The first kappa shape index (κ1) is 12.5. The molecule has 0 radical (unpaired) electrons. The van der Waals surface area contributed by atoms with E-state index in [4.69, 9.17) is 4.42 Å². The summed E-state index contributed by atoms with van der Waals surface area (Å²) >= 11 is 0. The molecule has 0 bridgehead atoms. The van der Waals surface area contributed by atoms with Crippen molar-refractivity contribution in [1.29, 1.82) is 0 Å². The van der Waals surface area contributed by atoms with Gasteiger partial charge in [0.1, 0.15) is 5.58 Å². The fourth-order valence-electron chi connectivity index (χ4n) is 2.40. The summed E-state index contributed by atoms with van der Waals surface area (Å²) in [6.45, 7) is 0. The molecule has 0 aliphatic heterocycles. The molecule has 0 saturated carbocycles. The Hall–Kier alpha value is -3.21. The summed E-state index contributed by atoms with van der Waals surface area (Å²) in [6, 6.07) is 16.8. The highest BCUT2D eigenvalue weighted by atomic mass is 16.4. The van der Waals surface area contributed by atoms with Crippen LogP contribution in [0.15, 0.2) is 76.2 Å². The van der Waals surface area contributed by atoms with Crippen LogP contribution in [0.4, 0.5) is 0 Å². The maximum atomic E-state index is 12.2. The Labute approximate surface area is 125 Å². The van der Waals surface area contributed by atoms with Crippen LogP contribution in [-0.2, 0) is 0 Å². The molecule has 106 valence electrons. The fourth-order valence-corrected chi connectivity index (χ4v) is 2.40. The van der Waals surface area contributed by atoms with Gasteiger partial charge in [-0.3, -0.25) is 0 Å². The highest BCUT2D eigenvalue weighted by Crippen LogP contribution is 2.22. The van der Waals surface area contributed by atoms with Gasteiger partial charge in [0.05, 0.1) is 23.6 Å². The first-order valence-corrected chi connectivity index (χ1v) is 6.81. The highest BCUT2D eigenvalue weighted by Gasteiger charge is 2.08. The van der Waals surface area contributed by atoms with Gasteiger partial charge in [-0.15, -0.1) is 5.10 Å². The zero-order valence-electron chi connectivity index (χ0n) is 11.5. The number of rotatable bonds is 2. The van der Waals surface area contributed by atoms with Crippen molar-refractivity contribution in [3.8, 4) is 16.8 Å². The number of benzene rings is 2. The van der Waals surface area contributed by atoms with E-state index in [0.717, 1.165) is 16.6 Å². The summed E-state index contributed by atoms with van der Waals surface area (Å²) in [5.74, 6) is 0. The molecule has 2 heterocycles. The van der Waals surface area contributed by atoms with Crippen LogP contribution >= 0.6 is 0 Å². The number of aromatic nitrogens is 3. The van der Waals surface area contributed by atoms with Crippen molar-refractivity contribution in [3.05, 3.63) is 77.4 Å². The minimum absolute atomic E-state index is 0.341. The van der Waals surface area contributed by atoms with Crippen molar-refractivity contribution in [2.24, 2.45) is 0 Å². The third kappa shape index (κ3) is 2.09. The van der Waals surface area contributed by atoms with Gasteiger partial charge in [-0.05, 0) is 29.8 Å². The van der Waals surface area contributed by atoms with Crippen LogP contribution in [0.3, 0.4) is 0 Å². The normalized spacial score (nSPS) is 10.9. The molecule has 0 spiro atoms. The van der Waals surface area contributed by atoms with Gasteiger partial charge in [0.15, 0.2) is 0 Å². The molecule has 0 atom stereocenters. The summed E-state index contributed by atoms with van der Waals surface area (Å²) in [7, 11) is 0. The molecular weight excluding hydrogens is 278 g/mol. The zero-order chi connectivity index (χ0) is 14.9. The Morgan fingerprint density at radius 3 is 2.59 bits per heavy atom. The van der Waals surface area contributed by atoms with Gasteiger partial charge in [0, 0.05) is 5.39 Å². The van der Waals surface area contributed by atoms with E-state index in [1.807, 2.05) is 48.5 Å². The molecule has 5 heteroatoms. The summed E-state index contributed by atoms with van der Waals surface area (Å²) in [6.07, 6.45) is 3.38. The lowest BCUT2D eigenvalue weighted by molar-refractivity contribution is 0.563. The van der Waals surface area contributed by atoms with E-state index in [1.165, 1.54) is 0 Å². The van der Waals surface area contributed by atoms with E-state index in [2.05, 4.69) is 10.3 Å². The SMILES string of the molecule is O=c1oc2ccccc2cc1-c1ccc(-n2ccnn2)cc1. The number of nitrogens with zero attached hydrogens (tertiary/aromatic N) is 3. The zero-order valence-corrected chi connectivity index (χ0v) is 11.5. The van der Waals surface area contributed by atoms with Gasteiger partial charge in [-0.2, -0.15) is 0 Å². The molecule has 4 aromatic rings. The van der Waals surface area contributed by atoms with E-state index in [-0.39, 0.29) is 5.63 Å². The van der Waals surface area contributed by atoms with E-state index in [9.17, 15) is 4.79 Å². The summed E-state index contributed by atoms with van der Waals surface area (Å²) in [5.41, 5.74) is 2.49. The smallest absolute Gasteiger partial charge is 0.344 e. The second-order valence-electron chi connectivity index (χ2n) is 4.88. The van der Waals surface area contributed by atoms with Crippen LogP contribution in [0.5, 0.6) is 0 Å². The van der Waals surface area contributed by atoms with Crippen molar-refractivity contribution < 1.29 is 4.42 Å². The number of hydrogen-bond acceptors (Lipinski definition) is 4. The van der Waals surface area contributed by atoms with Crippen molar-refractivity contribution in [2.75, 3.05) is 0 Å². The molecule has 2 aromatic carbocycles. The molecule has 4 rings (SSSR count). The quantitative estimate of drug-likeness (QED) is 0.532. The molecule has 0 unspecified atom stereocenters. The van der Waals surface area contributed by atoms with Gasteiger partial charge >= 0.3 is 5.63 Å². The predicted molar refractivity (Wildman–Crippen MR) is 82.8 cm³/mol. The van der Waals surface area contributed by atoms with Crippen LogP contribution in [0.25, 0.3) is 27.8 Å². The van der Waals surface area contributed by atoms with E-state index >= 15 is 0 Å². The summed E-state index contributed by atoms with van der Waals surface area (Å²) in [4.78, 5) is 12.2. The third-order valence-electron chi connectivity index (χ3n) is 3.51. The maximum absolute atomic E-state index is 12.2. The molecule has 0 fully saturated rings. The van der Waals surface area contributed by atoms with Crippen LogP contribution in [0.2, 0.25) is 0 Å². The fraction of sp³-hybridized carbons (Fsp3) is 0. The lowest BCUT2D eigenvalue weighted by Gasteiger charge is -2.04. The van der Waals surface area contributed by atoms with Crippen LogP contribution < -0.4 is 5.63 Å². The average molecular weight is 289 g/mol. The van der Waals surface area contributed by atoms with Crippen LogP contribution in [0, 0.1) is 0 Å². The number of para-hydroxylation sites is 1. The molecule has 0 saturated heterocycles. The topological polar surface area (TPSA) is 60.9 Å². The minimum Gasteiger partial charge on any atom is -0.422 e. The number of fused-ring (bicyclic) bond motifs is 1. The monoisotopic (exact) mass is 289 g/mol. The molecule has 22 heavy (non-hydrogen) atoms. The van der Waals surface area contributed by atoms with Crippen molar-refractivity contribution in [2.45, 2.75) is 0 Å². The first-order chi connectivity index (χ1) is 10.8. The standard InChI is InChI=1S/C17H11N3O2/c21-17-15(11-13-3-1-2-4-16(13)22-17)12-5-7-14(8-6-12)20-10-9-18-19-20/h1-11H. The lowest BCUT2D eigenvalue weighted by atomic mass is 10.1. The van der Waals surface area contributed by atoms with Crippen molar-refractivity contribution in [3.63, 3.8) is 0 Å². The predicted octanol–water partition coefficient (Wildman–Crippen LogP) is 3.04. The van der Waals surface area contributed by atoms with Crippen molar-refractivity contribution in [1.82, 2.24) is 15.0 Å². The molecule has 0 amide bonds. The maximum Gasteiger partial charge on any atom is 0.344 e. The second kappa shape index (κ2) is 4.96. The van der Waals surface area contributed by atoms with Gasteiger partial charge < -0.3 is 4.42 Å². The second-order valence-corrected chi connectivity index (χ2v) is 4.88. The van der Waals surface area contributed by atoms with Gasteiger partial charge in [-0.1, -0.05) is 35.5 Å². The number of hydrogen-bond donors (Lipinski definition) is 0. The molecular formula is C17H11N3O2. The van der Waals surface area contributed by atoms with E-state index in [1.54, 1.807) is 23.1 Å². The average Bonchev–Trinajstić information content (AvgIpc) is 3.09. The third-order valence-corrected chi connectivity index (χ3v) is 3.51. The molecule has 0 aliphatic rings. The van der Waals surface area contributed by atoms with Crippen LogP contribution in [0.1, 0.15) is 0 Å². The van der Waals surface area contributed by atoms with Gasteiger partial charge in [0.25, 0.3) is 0 Å². The Bertz CT molecular complexity index is 987. The Morgan fingerprint density at radius 1 is 1.00 bits per heavy atom.